The standard InChI is InChI=1S/C15H25NO/c1-2-17-9-10(1)8-16-15-13-4-11-3-12(6-13)7-14(15)5-11/h10-16H,1-9H2. The lowest BCUT2D eigenvalue weighted by Crippen LogP contribution is -2.55. The van der Waals surface area contributed by atoms with Gasteiger partial charge < -0.3 is 10.1 Å². The first kappa shape index (κ1) is 10.8. The molecule has 0 spiro atoms. The van der Waals surface area contributed by atoms with E-state index >= 15 is 0 Å². The van der Waals surface area contributed by atoms with Crippen LogP contribution in [0.1, 0.15) is 38.5 Å². The van der Waals surface area contributed by atoms with E-state index in [0.29, 0.717) is 0 Å². The molecule has 4 aliphatic carbocycles. The summed E-state index contributed by atoms with van der Waals surface area (Å²) in [6.45, 7) is 3.21. The number of rotatable bonds is 3. The summed E-state index contributed by atoms with van der Waals surface area (Å²) in [5.74, 6) is 5.05. The molecule has 0 radical (unpaired) electrons. The number of hydrogen-bond acceptors (Lipinski definition) is 2. The monoisotopic (exact) mass is 235 g/mol. The highest BCUT2D eigenvalue weighted by atomic mass is 16.5. The Balaban J connectivity index is 1.37. The second-order valence-electron chi connectivity index (χ2n) is 7.09. The van der Waals surface area contributed by atoms with E-state index in [9.17, 15) is 0 Å². The van der Waals surface area contributed by atoms with E-state index in [1.165, 1.54) is 38.6 Å². The zero-order valence-electron chi connectivity index (χ0n) is 10.7. The van der Waals surface area contributed by atoms with Crippen molar-refractivity contribution in [2.75, 3.05) is 19.8 Å². The molecule has 1 atom stereocenters. The maximum absolute atomic E-state index is 5.48. The first-order valence-corrected chi connectivity index (χ1v) is 7.69. The van der Waals surface area contributed by atoms with Gasteiger partial charge >= 0.3 is 0 Å². The molecule has 2 heteroatoms. The molecule has 96 valence electrons. The Hall–Kier alpha value is -0.0800. The molecular formula is C15H25NO. The highest BCUT2D eigenvalue weighted by Crippen LogP contribution is 2.53. The minimum absolute atomic E-state index is 0.798. The van der Waals surface area contributed by atoms with Crippen molar-refractivity contribution in [3.63, 3.8) is 0 Å². The van der Waals surface area contributed by atoms with Crippen molar-refractivity contribution >= 4 is 0 Å². The van der Waals surface area contributed by atoms with Gasteiger partial charge in [0, 0.05) is 19.2 Å². The first-order valence-electron chi connectivity index (χ1n) is 7.69. The molecule has 4 saturated carbocycles. The average molecular weight is 235 g/mol. The maximum Gasteiger partial charge on any atom is 0.0507 e. The van der Waals surface area contributed by atoms with Crippen molar-refractivity contribution in [3.05, 3.63) is 0 Å². The van der Waals surface area contributed by atoms with Crippen molar-refractivity contribution in [1.82, 2.24) is 5.32 Å². The maximum atomic E-state index is 5.48. The van der Waals surface area contributed by atoms with Gasteiger partial charge in [-0.25, -0.2) is 0 Å². The molecule has 2 nitrogen and oxygen atoms in total. The van der Waals surface area contributed by atoms with Gasteiger partial charge in [0.15, 0.2) is 0 Å². The highest BCUT2D eigenvalue weighted by molar-refractivity contribution is 5.01. The number of nitrogens with one attached hydrogen (secondary N) is 1. The van der Waals surface area contributed by atoms with Crippen LogP contribution in [0.25, 0.3) is 0 Å². The second kappa shape index (κ2) is 4.24. The van der Waals surface area contributed by atoms with Crippen molar-refractivity contribution in [2.45, 2.75) is 44.6 Å². The van der Waals surface area contributed by atoms with Crippen molar-refractivity contribution in [1.29, 1.82) is 0 Å². The fraction of sp³-hybridized carbons (Fsp3) is 1.00. The third kappa shape index (κ3) is 1.94. The van der Waals surface area contributed by atoms with E-state index < -0.39 is 0 Å². The predicted octanol–water partition coefficient (Wildman–Crippen LogP) is 2.44. The summed E-state index contributed by atoms with van der Waals surface area (Å²) < 4.78 is 5.48. The van der Waals surface area contributed by atoms with Gasteiger partial charge in [-0.3, -0.25) is 0 Å². The minimum Gasteiger partial charge on any atom is -0.381 e. The molecule has 0 aromatic heterocycles. The molecule has 5 fully saturated rings. The third-order valence-corrected chi connectivity index (χ3v) is 5.89. The summed E-state index contributed by atoms with van der Waals surface area (Å²) in [6, 6.07) is 0.864. The molecule has 17 heavy (non-hydrogen) atoms. The molecular weight excluding hydrogens is 210 g/mol. The Morgan fingerprint density at radius 1 is 0.941 bits per heavy atom. The van der Waals surface area contributed by atoms with Gasteiger partial charge in [0.1, 0.15) is 0 Å². The van der Waals surface area contributed by atoms with Gasteiger partial charge in [-0.15, -0.1) is 0 Å². The summed E-state index contributed by atoms with van der Waals surface area (Å²) in [7, 11) is 0. The second-order valence-corrected chi connectivity index (χ2v) is 7.09. The number of hydrogen-bond donors (Lipinski definition) is 1. The van der Waals surface area contributed by atoms with Crippen LogP contribution in [0.2, 0.25) is 0 Å². The van der Waals surface area contributed by atoms with Gasteiger partial charge in [-0.1, -0.05) is 0 Å². The third-order valence-electron chi connectivity index (χ3n) is 5.89. The molecule has 1 N–H and O–H groups in total. The summed E-state index contributed by atoms with van der Waals surface area (Å²) in [4.78, 5) is 0. The Kier molecular flexibility index (Phi) is 2.69. The Bertz CT molecular complexity index is 257. The fourth-order valence-electron chi connectivity index (χ4n) is 5.31. The van der Waals surface area contributed by atoms with Crippen LogP contribution in [0.3, 0.4) is 0 Å². The molecule has 5 rings (SSSR count). The van der Waals surface area contributed by atoms with Gasteiger partial charge in [0.2, 0.25) is 0 Å². The van der Waals surface area contributed by atoms with Crippen LogP contribution in [0.4, 0.5) is 0 Å². The SMILES string of the molecule is C1CC(CNC2C3CC4CC(C3)CC2C4)CO1. The Labute approximate surface area is 104 Å². The van der Waals surface area contributed by atoms with Crippen molar-refractivity contribution in [2.24, 2.45) is 29.6 Å². The molecule has 4 bridgehead atoms. The first-order chi connectivity index (χ1) is 8.38. The highest BCUT2D eigenvalue weighted by Gasteiger charge is 2.47. The van der Waals surface area contributed by atoms with Gasteiger partial charge in [-0.2, -0.15) is 0 Å². The Morgan fingerprint density at radius 2 is 1.65 bits per heavy atom. The largest absolute Gasteiger partial charge is 0.381 e. The number of ether oxygens (including phenoxy) is 1. The van der Waals surface area contributed by atoms with Gasteiger partial charge in [0.05, 0.1) is 6.61 Å². The predicted molar refractivity (Wildman–Crippen MR) is 67.8 cm³/mol. The zero-order chi connectivity index (χ0) is 11.2. The van der Waals surface area contributed by atoms with Gasteiger partial charge in [0.25, 0.3) is 0 Å². The van der Waals surface area contributed by atoms with Gasteiger partial charge in [-0.05, 0) is 68.1 Å². The molecule has 1 unspecified atom stereocenters. The molecule has 1 heterocycles. The molecule has 0 amide bonds. The van der Waals surface area contributed by atoms with Crippen LogP contribution in [-0.2, 0) is 4.74 Å². The summed E-state index contributed by atoms with van der Waals surface area (Å²) in [6.07, 6.45) is 8.98. The lowest BCUT2D eigenvalue weighted by atomic mass is 9.54. The lowest BCUT2D eigenvalue weighted by molar-refractivity contribution is -0.0148. The quantitative estimate of drug-likeness (QED) is 0.811. The lowest BCUT2D eigenvalue weighted by Gasteiger charge is -2.54. The van der Waals surface area contributed by atoms with Crippen molar-refractivity contribution in [3.8, 4) is 0 Å². The summed E-state index contributed by atoms with van der Waals surface area (Å²) in [5, 5.41) is 3.93. The normalized spacial score (nSPS) is 52.2. The Morgan fingerprint density at radius 3 is 2.24 bits per heavy atom. The van der Waals surface area contributed by atoms with Crippen LogP contribution in [0.15, 0.2) is 0 Å². The van der Waals surface area contributed by atoms with Crippen LogP contribution in [0.5, 0.6) is 0 Å². The fourth-order valence-corrected chi connectivity index (χ4v) is 5.31. The minimum atomic E-state index is 0.798. The zero-order valence-corrected chi connectivity index (χ0v) is 10.7. The van der Waals surface area contributed by atoms with E-state index in [1.54, 1.807) is 6.42 Å². The smallest absolute Gasteiger partial charge is 0.0507 e. The van der Waals surface area contributed by atoms with E-state index in [2.05, 4.69) is 5.32 Å². The van der Waals surface area contributed by atoms with E-state index in [-0.39, 0.29) is 0 Å². The van der Waals surface area contributed by atoms with E-state index in [4.69, 9.17) is 4.74 Å². The van der Waals surface area contributed by atoms with Crippen LogP contribution >= 0.6 is 0 Å². The molecule has 0 aromatic rings. The summed E-state index contributed by atoms with van der Waals surface area (Å²) >= 11 is 0. The molecule has 5 aliphatic rings. The molecule has 0 aromatic carbocycles. The molecule has 1 aliphatic heterocycles. The van der Waals surface area contributed by atoms with Crippen LogP contribution < -0.4 is 5.32 Å². The van der Waals surface area contributed by atoms with E-state index in [1.807, 2.05) is 0 Å². The average Bonchev–Trinajstić information content (AvgIpc) is 2.80. The summed E-state index contributed by atoms with van der Waals surface area (Å²) in [5.41, 5.74) is 0. The molecule has 1 saturated heterocycles. The van der Waals surface area contributed by atoms with Crippen LogP contribution in [-0.4, -0.2) is 25.8 Å². The van der Waals surface area contributed by atoms with Crippen LogP contribution in [0, 0.1) is 29.6 Å². The van der Waals surface area contributed by atoms with E-state index in [0.717, 1.165) is 48.8 Å². The topological polar surface area (TPSA) is 21.3 Å². The van der Waals surface area contributed by atoms with Crippen molar-refractivity contribution < 1.29 is 4.74 Å².